The number of nitrogens with zero attached hydrogens (tertiary/aromatic N) is 3. The summed E-state index contributed by atoms with van der Waals surface area (Å²) in [5.41, 5.74) is 1.52. The van der Waals surface area contributed by atoms with Gasteiger partial charge in [0.2, 0.25) is 10.0 Å². The normalized spacial score (nSPS) is 15.4. The Morgan fingerprint density at radius 3 is 2.46 bits per heavy atom. The number of pyridine rings is 1. The topological polar surface area (TPSA) is 82.6 Å². The van der Waals surface area contributed by atoms with Crippen LogP contribution in [0.2, 0.25) is 0 Å². The predicted octanol–water partition coefficient (Wildman–Crippen LogP) is 1.66. The van der Waals surface area contributed by atoms with Gasteiger partial charge in [0.15, 0.2) is 0 Å². The van der Waals surface area contributed by atoms with Crippen LogP contribution in [-0.4, -0.2) is 62.1 Å². The van der Waals surface area contributed by atoms with Crippen molar-refractivity contribution in [3.63, 3.8) is 0 Å². The fourth-order valence-electron chi connectivity index (χ4n) is 3.24. The Morgan fingerprint density at radius 1 is 1.07 bits per heavy atom. The van der Waals surface area contributed by atoms with Gasteiger partial charge in [-0.25, -0.2) is 13.4 Å². The van der Waals surface area contributed by atoms with Gasteiger partial charge >= 0.3 is 0 Å². The Balaban J connectivity index is 1.43. The van der Waals surface area contributed by atoms with Gasteiger partial charge in [0.25, 0.3) is 5.91 Å². The molecule has 0 atom stereocenters. The molecule has 7 nitrogen and oxygen atoms in total. The number of benzene rings is 1. The third kappa shape index (κ3) is 5.08. The van der Waals surface area contributed by atoms with Crippen molar-refractivity contribution >= 4 is 21.7 Å². The number of rotatable bonds is 7. The summed E-state index contributed by atoms with van der Waals surface area (Å²) in [5, 5.41) is 2.81. The maximum atomic E-state index is 12.6. The van der Waals surface area contributed by atoms with Crippen molar-refractivity contribution in [3.05, 3.63) is 59.8 Å². The first-order chi connectivity index (χ1) is 13.5. The molecule has 0 aliphatic carbocycles. The summed E-state index contributed by atoms with van der Waals surface area (Å²) < 4.78 is 26.7. The smallest absolute Gasteiger partial charge is 0.251 e. The monoisotopic (exact) mass is 402 g/mol. The van der Waals surface area contributed by atoms with Crippen LogP contribution in [0, 0.1) is 6.92 Å². The average molecular weight is 403 g/mol. The SMILES string of the molecule is Cc1ccccc1C(=O)NCCCS(=O)(=O)N1CCN(c2ccccn2)CC1. The highest BCUT2D eigenvalue weighted by atomic mass is 32.2. The van der Waals surface area contributed by atoms with Gasteiger partial charge in [0, 0.05) is 44.5 Å². The van der Waals surface area contributed by atoms with E-state index in [1.54, 1.807) is 12.3 Å². The molecule has 8 heteroatoms. The van der Waals surface area contributed by atoms with Gasteiger partial charge in [0.1, 0.15) is 5.82 Å². The summed E-state index contributed by atoms with van der Waals surface area (Å²) in [6, 6.07) is 13.1. The molecule has 0 bridgehead atoms. The van der Waals surface area contributed by atoms with Crippen LogP contribution in [0.5, 0.6) is 0 Å². The third-order valence-corrected chi connectivity index (χ3v) is 6.82. The predicted molar refractivity (Wildman–Crippen MR) is 110 cm³/mol. The van der Waals surface area contributed by atoms with Gasteiger partial charge in [-0.05, 0) is 37.1 Å². The summed E-state index contributed by atoms with van der Waals surface area (Å²) in [5.74, 6) is 0.739. The lowest BCUT2D eigenvalue weighted by Crippen LogP contribution is -2.49. The van der Waals surface area contributed by atoms with E-state index in [2.05, 4.69) is 15.2 Å². The van der Waals surface area contributed by atoms with Crippen molar-refractivity contribution in [1.82, 2.24) is 14.6 Å². The molecule has 150 valence electrons. The molecule has 0 radical (unpaired) electrons. The van der Waals surface area contributed by atoms with Crippen LogP contribution in [0.4, 0.5) is 5.82 Å². The summed E-state index contributed by atoms with van der Waals surface area (Å²) in [6.07, 6.45) is 2.13. The van der Waals surface area contributed by atoms with Gasteiger partial charge in [-0.3, -0.25) is 4.79 Å². The molecule has 28 heavy (non-hydrogen) atoms. The Morgan fingerprint density at radius 2 is 1.79 bits per heavy atom. The minimum Gasteiger partial charge on any atom is -0.354 e. The highest BCUT2D eigenvalue weighted by Gasteiger charge is 2.27. The van der Waals surface area contributed by atoms with Gasteiger partial charge in [-0.15, -0.1) is 0 Å². The fraction of sp³-hybridized carbons (Fsp3) is 0.400. The van der Waals surface area contributed by atoms with Gasteiger partial charge in [-0.2, -0.15) is 4.31 Å². The lowest BCUT2D eigenvalue weighted by atomic mass is 10.1. The first-order valence-electron chi connectivity index (χ1n) is 9.45. The number of aryl methyl sites for hydroxylation is 1. The molecular weight excluding hydrogens is 376 g/mol. The molecule has 1 N–H and O–H groups in total. The lowest BCUT2D eigenvalue weighted by molar-refractivity contribution is 0.0953. The summed E-state index contributed by atoms with van der Waals surface area (Å²) in [6.45, 7) is 4.37. The van der Waals surface area contributed by atoms with E-state index in [0.717, 1.165) is 11.4 Å². The van der Waals surface area contributed by atoms with E-state index in [1.807, 2.05) is 43.3 Å². The number of carbonyl (C=O) groups excluding carboxylic acids is 1. The number of hydrogen-bond acceptors (Lipinski definition) is 5. The van der Waals surface area contributed by atoms with Crippen molar-refractivity contribution < 1.29 is 13.2 Å². The first kappa shape index (κ1) is 20.3. The molecule has 2 heterocycles. The van der Waals surface area contributed by atoms with Gasteiger partial charge < -0.3 is 10.2 Å². The summed E-state index contributed by atoms with van der Waals surface area (Å²) >= 11 is 0. The second kappa shape index (κ2) is 9.16. The molecule has 1 fully saturated rings. The summed E-state index contributed by atoms with van der Waals surface area (Å²) in [4.78, 5) is 18.6. The largest absolute Gasteiger partial charge is 0.354 e. The molecule has 1 saturated heterocycles. The minimum atomic E-state index is -3.32. The maximum absolute atomic E-state index is 12.6. The average Bonchev–Trinajstić information content (AvgIpc) is 2.72. The molecule has 1 aromatic heterocycles. The maximum Gasteiger partial charge on any atom is 0.251 e. The second-order valence-electron chi connectivity index (χ2n) is 6.81. The fourth-order valence-corrected chi connectivity index (χ4v) is 4.73. The number of nitrogens with one attached hydrogen (secondary N) is 1. The molecule has 1 aromatic carbocycles. The zero-order valence-electron chi connectivity index (χ0n) is 16.0. The van der Waals surface area contributed by atoms with Crippen LogP contribution >= 0.6 is 0 Å². The van der Waals surface area contributed by atoms with E-state index in [4.69, 9.17) is 0 Å². The molecule has 0 spiro atoms. The molecule has 1 aliphatic heterocycles. The van der Waals surface area contributed by atoms with Crippen LogP contribution in [-0.2, 0) is 10.0 Å². The van der Waals surface area contributed by atoms with Gasteiger partial charge in [0.05, 0.1) is 5.75 Å². The molecule has 1 aliphatic rings. The van der Waals surface area contributed by atoms with Crippen molar-refractivity contribution in [2.75, 3.05) is 43.4 Å². The van der Waals surface area contributed by atoms with E-state index in [-0.39, 0.29) is 11.7 Å². The van der Waals surface area contributed by atoms with Gasteiger partial charge in [-0.1, -0.05) is 24.3 Å². The van der Waals surface area contributed by atoms with Crippen molar-refractivity contribution in [1.29, 1.82) is 0 Å². The van der Waals surface area contributed by atoms with Crippen molar-refractivity contribution in [2.24, 2.45) is 0 Å². The third-order valence-electron chi connectivity index (χ3n) is 4.86. The Kier molecular flexibility index (Phi) is 6.64. The van der Waals surface area contributed by atoms with E-state index < -0.39 is 10.0 Å². The molecule has 3 rings (SSSR count). The molecule has 0 unspecified atom stereocenters. The Labute approximate surface area is 166 Å². The van der Waals surface area contributed by atoms with E-state index in [9.17, 15) is 13.2 Å². The minimum absolute atomic E-state index is 0.0324. The number of sulfonamides is 1. The number of carbonyl (C=O) groups is 1. The first-order valence-corrected chi connectivity index (χ1v) is 11.1. The van der Waals surface area contributed by atoms with Crippen LogP contribution in [0.1, 0.15) is 22.3 Å². The highest BCUT2D eigenvalue weighted by molar-refractivity contribution is 7.89. The van der Waals surface area contributed by atoms with Crippen molar-refractivity contribution in [3.8, 4) is 0 Å². The second-order valence-corrected chi connectivity index (χ2v) is 8.90. The number of anilines is 1. The van der Waals surface area contributed by atoms with Crippen LogP contribution in [0.3, 0.4) is 0 Å². The van der Waals surface area contributed by atoms with E-state index in [0.29, 0.717) is 44.7 Å². The number of piperazine rings is 1. The quantitative estimate of drug-likeness (QED) is 0.713. The van der Waals surface area contributed by atoms with E-state index >= 15 is 0 Å². The molecule has 2 aromatic rings. The van der Waals surface area contributed by atoms with Crippen LogP contribution in [0.25, 0.3) is 0 Å². The standard InChI is InChI=1S/C20H26N4O3S/c1-17-7-2-3-8-18(17)20(25)22-11-6-16-28(26,27)24-14-12-23(13-15-24)19-9-4-5-10-21-19/h2-5,7-10H,6,11-16H2,1H3,(H,22,25). The Hall–Kier alpha value is -2.45. The lowest BCUT2D eigenvalue weighted by Gasteiger charge is -2.34. The van der Waals surface area contributed by atoms with Crippen LogP contribution in [0.15, 0.2) is 48.7 Å². The highest BCUT2D eigenvalue weighted by Crippen LogP contribution is 2.15. The van der Waals surface area contributed by atoms with Crippen molar-refractivity contribution in [2.45, 2.75) is 13.3 Å². The Bertz CT molecular complexity index is 895. The van der Waals surface area contributed by atoms with Crippen LogP contribution < -0.4 is 10.2 Å². The zero-order valence-corrected chi connectivity index (χ0v) is 16.9. The molecular formula is C20H26N4O3S. The molecule has 1 amide bonds. The number of hydrogen-bond donors (Lipinski definition) is 1. The number of amides is 1. The molecule has 0 saturated carbocycles. The summed E-state index contributed by atoms with van der Waals surface area (Å²) in [7, 11) is -3.32. The number of aromatic nitrogens is 1. The van der Waals surface area contributed by atoms with E-state index in [1.165, 1.54) is 4.31 Å². The zero-order chi connectivity index (χ0) is 20.0.